The minimum absolute atomic E-state index is 0.00341. The van der Waals surface area contributed by atoms with Crippen LogP contribution in [0.1, 0.15) is 86.2 Å². The fourth-order valence-corrected chi connectivity index (χ4v) is 8.71. The van der Waals surface area contributed by atoms with Gasteiger partial charge in [0.15, 0.2) is 0 Å². The van der Waals surface area contributed by atoms with Crippen LogP contribution in [0.15, 0.2) is 85.2 Å². The highest BCUT2D eigenvalue weighted by atomic mass is 35.5. The first-order valence-electron chi connectivity index (χ1n) is 22.5. The van der Waals surface area contributed by atoms with E-state index in [-0.39, 0.29) is 45.5 Å². The van der Waals surface area contributed by atoms with Crippen molar-refractivity contribution in [3.8, 4) is 0 Å². The van der Waals surface area contributed by atoms with E-state index in [2.05, 4.69) is 61.3 Å². The number of halogens is 6. The van der Waals surface area contributed by atoms with Crippen LogP contribution in [0.4, 0.5) is 38.5 Å². The maximum Gasteiger partial charge on any atom is 0.408 e. The zero-order valence-electron chi connectivity index (χ0n) is 39.1. The summed E-state index contributed by atoms with van der Waals surface area (Å²) in [7, 11) is -0.819. The number of amides is 4. The van der Waals surface area contributed by atoms with Gasteiger partial charge in [-0.25, -0.2) is 27.2 Å². The van der Waals surface area contributed by atoms with Gasteiger partial charge in [-0.05, 0) is 123 Å². The molecule has 0 unspecified atom stereocenters. The highest BCUT2D eigenvalue weighted by molar-refractivity contribution is 6.76. The Kier molecular flexibility index (Phi) is 18.8. The van der Waals surface area contributed by atoms with Crippen molar-refractivity contribution in [3.63, 3.8) is 0 Å². The molecule has 0 fully saturated rings. The number of hydrogen-bond donors (Lipinski definition) is 6. The Morgan fingerprint density at radius 3 is 1.44 bits per heavy atom. The minimum atomic E-state index is -0.819. The molecule has 0 saturated carbocycles. The molecule has 2 atom stereocenters. The van der Waals surface area contributed by atoms with E-state index in [4.69, 9.17) is 37.4 Å². The Morgan fingerprint density at radius 1 is 0.648 bits per heavy atom. The predicted molar refractivity (Wildman–Crippen MR) is 262 cm³/mol. The van der Waals surface area contributed by atoms with Gasteiger partial charge in [-0.1, -0.05) is 42.8 Å². The Balaban J connectivity index is 0.000000199. The van der Waals surface area contributed by atoms with Gasteiger partial charge < -0.3 is 35.5 Å². The number of rotatable bonds is 14. The smallest absolute Gasteiger partial charge is 0.408 e. The molecule has 71 heavy (non-hydrogen) atoms. The number of nitrogens with one attached hydrogen (secondary N) is 6. The van der Waals surface area contributed by atoms with Gasteiger partial charge >= 0.3 is 12.2 Å². The molecule has 2 aromatic heterocycles. The molecule has 0 bridgehead atoms. The third-order valence-corrected chi connectivity index (χ3v) is 13.4. The molecule has 6 N–H and O–H groups in total. The summed E-state index contributed by atoms with van der Waals surface area (Å²) in [6.45, 7) is 11.0. The molecular weight excluding hydrogens is 988 g/mol. The van der Waals surface area contributed by atoms with Crippen LogP contribution in [0.5, 0.6) is 0 Å². The van der Waals surface area contributed by atoms with Crippen LogP contribution in [-0.4, -0.2) is 65.7 Å². The number of carbonyl (C=O) groups excluding carboxylic acids is 4. The van der Waals surface area contributed by atoms with Crippen molar-refractivity contribution in [1.29, 1.82) is 0 Å². The Hall–Kier alpha value is -6.74. The lowest BCUT2D eigenvalue weighted by molar-refractivity contribution is 0.101. The SMILES string of the molecule is CCOCC[Si](C)(C)C.O=C(N[C@H]1CCc2c(C(=O)Nc3ccc(F)c(Cl)c3)ccc(F)c21)OCc1ccn[nH]1.O=C(N[C@H]1CCc2c(C(=O)Nc3ccc(F)c(Cl)c3)ccc(F)c21)OCc1ccn[nH]1. The van der Waals surface area contributed by atoms with Gasteiger partial charge in [-0.2, -0.15) is 10.2 Å². The second kappa shape index (κ2) is 24.9. The van der Waals surface area contributed by atoms with E-state index in [0.29, 0.717) is 59.6 Å². The van der Waals surface area contributed by atoms with Crippen LogP contribution in [0.3, 0.4) is 0 Å². The highest BCUT2D eigenvalue weighted by Crippen LogP contribution is 2.37. The number of carbonyl (C=O) groups is 4. The van der Waals surface area contributed by atoms with E-state index in [0.717, 1.165) is 25.3 Å². The highest BCUT2D eigenvalue weighted by Gasteiger charge is 2.33. The number of alkyl carbamates (subject to hydrolysis) is 2. The molecule has 2 aliphatic carbocycles. The maximum atomic E-state index is 14.6. The Morgan fingerprint density at radius 2 is 1.07 bits per heavy atom. The van der Waals surface area contributed by atoms with Crippen molar-refractivity contribution >= 4 is 66.7 Å². The molecule has 8 rings (SSSR count). The fraction of sp³-hybridized carbons (Fsp3) is 0.306. The summed E-state index contributed by atoms with van der Waals surface area (Å²) in [5.74, 6) is -3.21. The molecule has 6 aromatic rings. The van der Waals surface area contributed by atoms with Gasteiger partial charge in [0, 0.05) is 67.3 Å². The van der Waals surface area contributed by atoms with Gasteiger partial charge in [0.05, 0.1) is 33.5 Å². The molecule has 4 amide bonds. The Bertz CT molecular complexity index is 2640. The Labute approximate surface area is 417 Å². The van der Waals surface area contributed by atoms with Crippen molar-refractivity contribution in [3.05, 3.63) is 163 Å². The standard InChI is InChI=1S/2C21H17ClF2N4O3.C7H18OSi/c2*22-15-9-11(1-4-16(15)23)26-20(29)14-2-5-17(24)19-13(14)3-6-18(19)27-21(30)31-10-12-7-8-25-28-12;1-5-8-6-7-9(2,3)4/h2*1-2,4-5,7-9,18H,3,6,10H2,(H,25,28)(H,26,29)(H,27,30);5-7H2,1-4H3/t2*18-;/m00./s1. The summed E-state index contributed by atoms with van der Waals surface area (Å²) in [6, 6.07) is 16.1. The second-order valence-electron chi connectivity index (χ2n) is 17.4. The lowest BCUT2D eigenvalue weighted by Crippen LogP contribution is -2.28. The second-order valence-corrected chi connectivity index (χ2v) is 23.9. The summed E-state index contributed by atoms with van der Waals surface area (Å²) in [5, 5.41) is 23.2. The molecule has 0 aliphatic heterocycles. The summed E-state index contributed by atoms with van der Waals surface area (Å²) in [4.78, 5) is 49.7. The minimum Gasteiger partial charge on any atom is -0.443 e. The van der Waals surface area contributed by atoms with E-state index >= 15 is 0 Å². The van der Waals surface area contributed by atoms with Crippen LogP contribution < -0.4 is 21.3 Å². The summed E-state index contributed by atoms with van der Waals surface area (Å²) in [5.41, 5.74) is 3.91. The zero-order valence-corrected chi connectivity index (χ0v) is 41.6. The van der Waals surface area contributed by atoms with Crippen LogP contribution in [-0.2, 0) is 40.3 Å². The molecule has 4 aromatic carbocycles. The normalized spacial score (nSPS) is 14.4. The molecule has 2 heterocycles. The number of benzene rings is 4. The van der Waals surface area contributed by atoms with E-state index in [1.807, 2.05) is 6.92 Å². The van der Waals surface area contributed by atoms with Crippen molar-refractivity contribution in [2.45, 2.75) is 83.6 Å². The van der Waals surface area contributed by atoms with Crippen molar-refractivity contribution in [1.82, 2.24) is 31.0 Å². The lowest BCUT2D eigenvalue weighted by atomic mass is 10.0. The molecule has 15 nitrogen and oxygen atoms in total. The van der Waals surface area contributed by atoms with Gasteiger partial charge in [0.1, 0.15) is 36.5 Å². The topological polar surface area (TPSA) is 201 Å². The maximum absolute atomic E-state index is 14.6. The molecule has 0 radical (unpaired) electrons. The van der Waals surface area contributed by atoms with Crippen molar-refractivity contribution in [2.75, 3.05) is 23.8 Å². The molecule has 2 aliphatic rings. The van der Waals surface area contributed by atoms with Crippen molar-refractivity contribution in [2.24, 2.45) is 0 Å². The molecule has 0 saturated heterocycles. The number of aromatic nitrogens is 4. The fourth-order valence-electron chi connectivity index (χ4n) is 7.60. The van der Waals surface area contributed by atoms with E-state index in [1.54, 1.807) is 12.1 Å². The average molecular weight is 1040 g/mol. The quantitative estimate of drug-likeness (QED) is 0.0349. The molecular formula is C49H52Cl2F4N8O7Si. The molecule has 0 spiro atoms. The summed E-state index contributed by atoms with van der Waals surface area (Å²) >= 11 is 11.5. The number of hydrogen-bond acceptors (Lipinski definition) is 9. The number of ether oxygens (including phenoxy) is 3. The van der Waals surface area contributed by atoms with Gasteiger partial charge in [-0.15, -0.1) is 0 Å². The average Bonchev–Trinajstić information content (AvgIpc) is 4.18. The van der Waals surface area contributed by atoms with Gasteiger partial charge in [0.2, 0.25) is 0 Å². The number of H-pyrrole nitrogens is 2. The van der Waals surface area contributed by atoms with E-state index < -0.39 is 67.4 Å². The predicted octanol–water partition coefficient (Wildman–Crippen LogP) is 11.4. The number of fused-ring (bicyclic) bond motifs is 2. The number of anilines is 2. The van der Waals surface area contributed by atoms with Crippen molar-refractivity contribution < 1.29 is 51.0 Å². The molecule has 376 valence electrons. The number of nitrogens with zero attached hydrogens (tertiary/aromatic N) is 2. The summed E-state index contributed by atoms with van der Waals surface area (Å²) < 4.78 is 71.3. The van der Waals surface area contributed by atoms with E-state index in [1.165, 1.54) is 67.0 Å². The lowest BCUT2D eigenvalue weighted by Gasteiger charge is -2.16. The molecule has 22 heteroatoms. The number of aromatic amines is 2. The first-order chi connectivity index (χ1) is 33.9. The van der Waals surface area contributed by atoms with Crippen LogP contribution >= 0.6 is 23.2 Å². The van der Waals surface area contributed by atoms with E-state index in [9.17, 15) is 36.7 Å². The largest absolute Gasteiger partial charge is 0.443 e. The van der Waals surface area contributed by atoms with Crippen LogP contribution in [0.2, 0.25) is 35.7 Å². The first kappa shape index (κ1) is 53.6. The zero-order chi connectivity index (χ0) is 51.2. The van der Waals surface area contributed by atoms with Crippen LogP contribution in [0.25, 0.3) is 0 Å². The third kappa shape index (κ3) is 15.1. The first-order valence-corrected chi connectivity index (χ1v) is 26.9. The monoisotopic (exact) mass is 1040 g/mol. The van der Waals surface area contributed by atoms with Gasteiger partial charge in [-0.3, -0.25) is 19.8 Å². The van der Waals surface area contributed by atoms with Crippen LogP contribution in [0, 0.1) is 23.3 Å². The van der Waals surface area contributed by atoms with Gasteiger partial charge in [0.25, 0.3) is 11.8 Å². The third-order valence-electron chi connectivity index (χ3n) is 11.1. The summed E-state index contributed by atoms with van der Waals surface area (Å²) in [6.07, 6.45) is 3.27.